The van der Waals surface area contributed by atoms with Crippen molar-refractivity contribution in [2.75, 3.05) is 18.9 Å². The lowest BCUT2D eigenvalue weighted by Gasteiger charge is -2.09. The molecule has 0 saturated carbocycles. The Morgan fingerprint density at radius 2 is 2.45 bits per heavy atom. The van der Waals surface area contributed by atoms with Gasteiger partial charge in [0.15, 0.2) is 0 Å². The van der Waals surface area contributed by atoms with Gasteiger partial charge in [-0.25, -0.2) is 4.18 Å². The summed E-state index contributed by atoms with van der Waals surface area (Å²) in [6.07, 6.45) is -0.778. The zero-order valence-electron chi connectivity index (χ0n) is 6.24. The molecule has 1 N–H and O–H groups in total. The summed E-state index contributed by atoms with van der Waals surface area (Å²) in [4.78, 5) is 0. The van der Waals surface area contributed by atoms with Crippen LogP contribution in [0.3, 0.4) is 0 Å². The molecule has 1 atom stereocenters. The molecule has 66 valence electrons. The Morgan fingerprint density at radius 1 is 1.73 bits per heavy atom. The summed E-state index contributed by atoms with van der Waals surface area (Å²) in [6.45, 7) is 2.64. The highest BCUT2D eigenvalue weighted by Gasteiger charge is 2.21. The Hall–Kier alpha value is -0.170. The predicted octanol–water partition coefficient (Wildman–Crippen LogP) is -0.744. The van der Waals surface area contributed by atoms with Crippen LogP contribution in [-0.2, 0) is 19.0 Å². The molecule has 1 saturated heterocycles. The van der Waals surface area contributed by atoms with Crippen LogP contribution < -0.4 is 5.32 Å². The molecule has 5 nitrogen and oxygen atoms in total. The molecule has 0 spiro atoms. The summed E-state index contributed by atoms with van der Waals surface area (Å²) in [7, 11) is -3.39. The molecule has 1 fully saturated rings. The molecule has 0 bridgehead atoms. The van der Waals surface area contributed by atoms with Crippen molar-refractivity contribution in [2.24, 2.45) is 0 Å². The first kappa shape index (κ1) is 8.92. The molecule has 0 radical (unpaired) electrons. The van der Waals surface area contributed by atoms with Crippen LogP contribution in [0.15, 0.2) is 0 Å². The quantitative estimate of drug-likeness (QED) is 0.581. The van der Waals surface area contributed by atoms with Gasteiger partial charge in [0.1, 0.15) is 0 Å². The summed E-state index contributed by atoms with van der Waals surface area (Å²) < 4.78 is 31.1. The second-order valence-corrected chi connectivity index (χ2v) is 3.98. The molecule has 1 aliphatic rings. The van der Waals surface area contributed by atoms with Gasteiger partial charge >= 0.3 is 0 Å². The number of hydrogen-bond donors (Lipinski definition) is 1. The van der Waals surface area contributed by atoms with Gasteiger partial charge in [-0.2, -0.15) is 8.42 Å². The van der Waals surface area contributed by atoms with E-state index in [4.69, 9.17) is 4.74 Å². The second kappa shape index (κ2) is 3.48. The lowest BCUT2D eigenvalue weighted by molar-refractivity contribution is -0.0471. The summed E-state index contributed by atoms with van der Waals surface area (Å²) in [5.74, 6) is -0.0332. The van der Waals surface area contributed by atoms with E-state index < -0.39 is 16.5 Å². The standard InChI is InChI=1S/C5H11NO4S/c1-2-11(7,8)10-5-6-3-4-9-5/h5-6H,2-4H2,1H3. The zero-order valence-corrected chi connectivity index (χ0v) is 7.06. The molecule has 0 aromatic heterocycles. The van der Waals surface area contributed by atoms with Gasteiger partial charge in [-0.3, -0.25) is 5.32 Å². The fourth-order valence-corrected chi connectivity index (χ4v) is 1.19. The van der Waals surface area contributed by atoms with Crippen LogP contribution in [0.4, 0.5) is 0 Å². The van der Waals surface area contributed by atoms with Crippen LogP contribution in [0.1, 0.15) is 6.92 Å². The van der Waals surface area contributed by atoms with Crippen molar-refractivity contribution < 1.29 is 17.3 Å². The summed E-state index contributed by atoms with van der Waals surface area (Å²) in [5.41, 5.74) is 0. The Morgan fingerprint density at radius 3 is 2.91 bits per heavy atom. The van der Waals surface area contributed by atoms with E-state index in [0.29, 0.717) is 13.2 Å². The van der Waals surface area contributed by atoms with E-state index >= 15 is 0 Å². The first-order valence-electron chi connectivity index (χ1n) is 3.40. The van der Waals surface area contributed by atoms with E-state index in [0.717, 1.165) is 0 Å². The highest BCUT2D eigenvalue weighted by molar-refractivity contribution is 7.86. The van der Waals surface area contributed by atoms with Crippen molar-refractivity contribution in [1.82, 2.24) is 5.32 Å². The lowest BCUT2D eigenvalue weighted by Crippen LogP contribution is -2.29. The molecule has 0 aromatic carbocycles. The molecule has 1 heterocycles. The highest BCUT2D eigenvalue weighted by atomic mass is 32.2. The van der Waals surface area contributed by atoms with Gasteiger partial charge < -0.3 is 4.74 Å². The zero-order chi connectivity index (χ0) is 8.32. The molecular formula is C5H11NO4S. The third-order valence-corrected chi connectivity index (χ3v) is 2.44. The maximum absolute atomic E-state index is 10.8. The van der Waals surface area contributed by atoms with Gasteiger partial charge in [0, 0.05) is 6.54 Å². The summed E-state index contributed by atoms with van der Waals surface area (Å²) >= 11 is 0. The van der Waals surface area contributed by atoms with Crippen molar-refractivity contribution >= 4 is 10.1 Å². The SMILES string of the molecule is CCS(=O)(=O)OC1NCCO1. The van der Waals surface area contributed by atoms with Gasteiger partial charge in [-0.1, -0.05) is 0 Å². The normalized spacial score (nSPS) is 25.7. The molecule has 11 heavy (non-hydrogen) atoms. The molecule has 1 aliphatic heterocycles. The molecule has 1 unspecified atom stereocenters. The number of ether oxygens (including phenoxy) is 1. The number of nitrogens with one attached hydrogen (secondary N) is 1. The Bertz CT molecular complexity index is 207. The Kier molecular flexibility index (Phi) is 2.83. The van der Waals surface area contributed by atoms with Crippen molar-refractivity contribution in [2.45, 2.75) is 13.3 Å². The Balaban J connectivity index is 2.41. The third kappa shape index (κ3) is 2.74. The van der Waals surface area contributed by atoms with Crippen LogP contribution in [-0.4, -0.2) is 33.7 Å². The largest absolute Gasteiger partial charge is 0.338 e. The van der Waals surface area contributed by atoms with Crippen molar-refractivity contribution in [3.63, 3.8) is 0 Å². The fraction of sp³-hybridized carbons (Fsp3) is 1.00. The van der Waals surface area contributed by atoms with Crippen LogP contribution >= 0.6 is 0 Å². The summed E-state index contributed by atoms with van der Waals surface area (Å²) in [5, 5.41) is 2.72. The van der Waals surface area contributed by atoms with E-state index in [-0.39, 0.29) is 5.75 Å². The van der Waals surface area contributed by atoms with Crippen LogP contribution in [0.5, 0.6) is 0 Å². The van der Waals surface area contributed by atoms with Crippen molar-refractivity contribution in [3.05, 3.63) is 0 Å². The van der Waals surface area contributed by atoms with Crippen molar-refractivity contribution in [1.29, 1.82) is 0 Å². The number of rotatable bonds is 3. The Labute approximate surface area is 65.8 Å². The molecule has 0 aliphatic carbocycles. The maximum Gasteiger partial charge on any atom is 0.270 e. The van der Waals surface area contributed by atoms with Crippen LogP contribution in [0.2, 0.25) is 0 Å². The predicted molar refractivity (Wildman–Crippen MR) is 38.3 cm³/mol. The molecular weight excluding hydrogens is 170 g/mol. The highest BCUT2D eigenvalue weighted by Crippen LogP contribution is 2.02. The minimum Gasteiger partial charge on any atom is -0.338 e. The first-order chi connectivity index (χ1) is 5.14. The molecule has 6 heteroatoms. The van der Waals surface area contributed by atoms with E-state index in [9.17, 15) is 8.42 Å². The van der Waals surface area contributed by atoms with E-state index in [2.05, 4.69) is 9.50 Å². The average molecular weight is 181 g/mol. The van der Waals surface area contributed by atoms with Gasteiger partial charge in [0.25, 0.3) is 10.1 Å². The lowest BCUT2D eigenvalue weighted by atomic mass is 10.7. The minimum atomic E-state index is -3.39. The van der Waals surface area contributed by atoms with Crippen molar-refractivity contribution in [3.8, 4) is 0 Å². The van der Waals surface area contributed by atoms with E-state index in [1.165, 1.54) is 6.92 Å². The second-order valence-electron chi connectivity index (χ2n) is 2.10. The molecule has 0 aromatic rings. The molecule has 1 rings (SSSR count). The minimum absolute atomic E-state index is 0.0332. The average Bonchev–Trinajstić information content (AvgIpc) is 2.39. The van der Waals surface area contributed by atoms with Crippen LogP contribution in [0, 0.1) is 0 Å². The third-order valence-electron chi connectivity index (χ3n) is 1.27. The first-order valence-corrected chi connectivity index (χ1v) is 4.98. The maximum atomic E-state index is 10.8. The van der Waals surface area contributed by atoms with E-state index in [1.54, 1.807) is 0 Å². The van der Waals surface area contributed by atoms with Gasteiger partial charge in [-0.15, -0.1) is 0 Å². The fourth-order valence-electron chi connectivity index (χ4n) is 0.665. The van der Waals surface area contributed by atoms with Gasteiger partial charge in [-0.05, 0) is 6.92 Å². The number of hydrogen-bond acceptors (Lipinski definition) is 5. The smallest absolute Gasteiger partial charge is 0.270 e. The van der Waals surface area contributed by atoms with E-state index in [1.807, 2.05) is 0 Å². The van der Waals surface area contributed by atoms with Crippen LogP contribution in [0.25, 0.3) is 0 Å². The van der Waals surface area contributed by atoms with Gasteiger partial charge in [0.05, 0.1) is 12.4 Å². The molecule has 0 amide bonds. The topological polar surface area (TPSA) is 64.6 Å². The monoisotopic (exact) mass is 181 g/mol. The summed E-state index contributed by atoms with van der Waals surface area (Å²) in [6, 6.07) is 0. The van der Waals surface area contributed by atoms with Gasteiger partial charge in [0.2, 0.25) is 6.41 Å².